The lowest BCUT2D eigenvalue weighted by Crippen LogP contribution is -2.11. The van der Waals surface area contributed by atoms with Gasteiger partial charge in [0.2, 0.25) is 0 Å². The van der Waals surface area contributed by atoms with Gasteiger partial charge in [0.15, 0.2) is 17.5 Å². The lowest BCUT2D eigenvalue weighted by molar-refractivity contribution is 0.449. The molecule has 0 spiro atoms. The molecule has 0 bridgehead atoms. The van der Waals surface area contributed by atoms with Crippen LogP contribution in [0.2, 0.25) is 0 Å². The van der Waals surface area contributed by atoms with E-state index in [0.717, 1.165) is 18.7 Å². The van der Waals surface area contributed by atoms with Crippen molar-refractivity contribution in [3.05, 3.63) is 41.5 Å². The maximum atomic E-state index is 13.7. The lowest BCUT2D eigenvalue weighted by atomic mass is 10.2. The van der Waals surface area contributed by atoms with E-state index < -0.39 is 17.5 Å². The quantitative estimate of drug-likeness (QED) is 0.819. The van der Waals surface area contributed by atoms with E-state index in [1.54, 1.807) is 13.0 Å². The van der Waals surface area contributed by atoms with Gasteiger partial charge in [-0.25, -0.2) is 23.1 Å². The van der Waals surface area contributed by atoms with Crippen LogP contribution in [0.3, 0.4) is 0 Å². The molecule has 0 fully saturated rings. The van der Waals surface area contributed by atoms with Gasteiger partial charge in [-0.15, -0.1) is 0 Å². The first kappa shape index (κ1) is 16.1. The molecule has 22 heavy (non-hydrogen) atoms. The van der Waals surface area contributed by atoms with Gasteiger partial charge in [-0.05, 0) is 25.0 Å². The molecule has 2 N–H and O–H groups in total. The van der Waals surface area contributed by atoms with E-state index in [-0.39, 0.29) is 5.69 Å². The minimum atomic E-state index is -1.52. The number of hydrogen-bond acceptors (Lipinski definition) is 4. The lowest BCUT2D eigenvalue weighted by Gasteiger charge is -2.12. The first-order valence-corrected chi connectivity index (χ1v) is 6.87. The molecule has 0 aliphatic rings. The highest BCUT2D eigenvalue weighted by Gasteiger charge is 2.14. The number of nitrogens with zero attached hydrogens (tertiary/aromatic N) is 2. The molecule has 4 nitrogen and oxygen atoms in total. The Balaban J connectivity index is 2.24. The van der Waals surface area contributed by atoms with Crippen molar-refractivity contribution in [3.63, 3.8) is 0 Å². The zero-order valence-corrected chi connectivity index (χ0v) is 12.5. The largest absolute Gasteiger partial charge is 0.370 e. The van der Waals surface area contributed by atoms with E-state index in [2.05, 4.69) is 34.4 Å². The van der Waals surface area contributed by atoms with Crippen molar-refractivity contribution < 1.29 is 13.2 Å². The molecule has 118 valence electrons. The summed E-state index contributed by atoms with van der Waals surface area (Å²) in [4.78, 5) is 8.32. The molecule has 0 atom stereocenters. The van der Waals surface area contributed by atoms with Crippen LogP contribution in [0.15, 0.2) is 18.2 Å². The molecule has 2 rings (SSSR count). The SMILES string of the molecule is Cc1nc(NCC(C)C)cc(Nc2ccc(F)c(F)c2F)n1. The number of aryl methyl sites for hydroxylation is 1. The summed E-state index contributed by atoms with van der Waals surface area (Å²) in [5.41, 5.74) is -0.188. The highest BCUT2D eigenvalue weighted by molar-refractivity contribution is 5.60. The summed E-state index contributed by atoms with van der Waals surface area (Å²) >= 11 is 0. The van der Waals surface area contributed by atoms with Crippen LogP contribution in [0.25, 0.3) is 0 Å². The predicted octanol–water partition coefficient (Wildman–Crippen LogP) is 4.01. The van der Waals surface area contributed by atoms with E-state index in [9.17, 15) is 13.2 Å². The van der Waals surface area contributed by atoms with Gasteiger partial charge in [0.05, 0.1) is 5.69 Å². The van der Waals surface area contributed by atoms with Crippen LogP contribution in [0.1, 0.15) is 19.7 Å². The van der Waals surface area contributed by atoms with Crippen LogP contribution in [0.5, 0.6) is 0 Å². The van der Waals surface area contributed by atoms with Crippen molar-refractivity contribution in [3.8, 4) is 0 Å². The normalized spacial score (nSPS) is 10.9. The van der Waals surface area contributed by atoms with Crippen LogP contribution in [0.4, 0.5) is 30.5 Å². The molecule has 0 radical (unpaired) electrons. The topological polar surface area (TPSA) is 49.8 Å². The predicted molar refractivity (Wildman–Crippen MR) is 79.7 cm³/mol. The number of halogens is 3. The van der Waals surface area contributed by atoms with Crippen LogP contribution in [-0.4, -0.2) is 16.5 Å². The van der Waals surface area contributed by atoms with Crippen LogP contribution >= 0.6 is 0 Å². The van der Waals surface area contributed by atoms with Gasteiger partial charge in [-0.3, -0.25) is 0 Å². The van der Waals surface area contributed by atoms with Gasteiger partial charge in [-0.1, -0.05) is 13.8 Å². The minimum absolute atomic E-state index is 0.188. The molecular formula is C15H17F3N4. The summed E-state index contributed by atoms with van der Waals surface area (Å²) in [7, 11) is 0. The monoisotopic (exact) mass is 310 g/mol. The molecule has 2 aromatic rings. The third kappa shape index (κ3) is 3.87. The summed E-state index contributed by atoms with van der Waals surface area (Å²) < 4.78 is 39.8. The Kier molecular flexibility index (Phi) is 4.85. The molecule has 1 heterocycles. The molecule has 1 aromatic carbocycles. The number of rotatable bonds is 5. The van der Waals surface area contributed by atoms with Gasteiger partial charge < -0.3 is 10.6 Å². The van der Waals surface area contributed by atoms with E-state index in [1.807, 2.05) is 0 Å². The fourth-order valence-electron chi connectivity index (χ4n) is 1.79. The summed E-state index contributed by atoms with van der Waals surface area (Å²) in [6, 6.07) is 3.55. The molecule has 7 heteroatoms. The average molecular weight is 310 g/mol. The first-order chi connectivity index (χ1) is 10.4. The fourth-order valence-corrected chi connectivity index (χ4v) is 1.79. The maximum Gasteiger partial charge on any atom is 0.196 e. The highest BCUT2D eigenvalue weighted by atomic mass is 19.2. The number of nitrogens with one attached hydrogen (secondary N) is 2. The Morgan fingerprint density at radius 3 is 2.41 bits per heavy atom. The second-order valence-electron chi connectivity index (χ2n) is 5.31. The van der Waals surface area contributed by atoms with Gasteiger partial charge in [0.1, 0.15) is 17.5 Å². The van der Waals surface area contributed by atoms with Crippen LogP contribution in [-0.2, 0) is 0 Å². The third-order valence-corrected chi connectivity index (χ3v) is 2.83. The molecule has 0 saturated carbocycles. The Morgan fingerprint density at radius 1 is 1.05 bits per heavy atom. The molecule has 0 aliphatic carbocycles. The number of hydrogen-bond donors (Lipinski definition) is 2. The Bertz CT molecular complexity index is 674. The van der Waals surface area contributed by atoms with Crippen LogP contribution in [0, 0.1) is 30.3 Å². The Morgan fingerprint density at radius 2 is 1.73 bits per heavy atom. The van der Waals surface area contributed by atoms with Gasteiger partial charge in [-0.2, -0.15) is 0 Å². The van der Waals surface area contributed by atoms with Gasteiger partial charge in [0.25, 0.3) is 0 Å². The van der Waals surface area contributed by atoms with Crippen LogP contribution < -0.4 is 10.6 Å². The molecule has 0 unspecified atom stereocenters. The molecule has 1 aromatic heterocycles. The number of aromatic nitrogens is 2. The van der Waals surface area contributed by atoms with E-state index in [1.165, 1.54) is 0 Å². The van der Waals surface area contributed by atoms with E-state index >= 15 is 0 Å². The maximum absolute atomic E-state index is 13.7. The Labute approximate surface area is 126 Å². The second kappa shape index (κ2) is 6.64. The summed E-state index contributed by atoms with van der Waals surface area (Å²) in [6.45, 7) is 6.51. The van der Waals surface area contributed by atoms with Crippen molar-refractivity contribution in [1.82, 2.24) is 9.97 Å². The number of anilines is 3. The van der Waals surface area contributed by atoms with Crippen molar-refractivity contribution in [2.24, 2.45) is 5.92 Å². The zero-order chi connectivity index (χ0) is 16.3. The summed E-state index contributed by atoms with van der Waals surface area (Å²) in [5, 5.41) is 5.76. The van der Waals surface area contributed by atoms with Crippen molar-refractivity contribution in [2.45, 2.75) is 20.8 Å². The minimum Gasteiger partial charge on any atom is -0.370 e. The standard InChI is InChI=1S/C15H17F3N4/c1-8(2)7-19-12-6-13(21-9(3)20-12)22-11-5-4-10(16)14(17)15(11)18/h4-6,8H,7H2,1-3H3,(H2,19,20,21,22). The van der Waals surface area contributed by atoms with Gasteiger partial charge >= 0.3 is 0 Å². The molecular weight excluding hydrogens is 293 g/mol. The summed E-state index contributed by atoms with van der Waals surface area (Å²) in [6.07, 6.45) is 0. The highest BCUT2D eigenvalue weighted by Crippen LogP contribution is 2.23. The van der Waals surface area contributed by atoms with E-state index in [0.29, 0.717) is 23.4 Å². The van der Waals surface area contributed by atoms with Crippen molar-refractivity contribution in [1.29, 1.82) is 0 Å². The van der Waals surface area contributed by atoms with E-state index in [4.69, 9.17) is 0 Å². The molecule has 0 aliphatic heterocycles. The number of benzene rings is 1. The first-order valence-electron chi connectivity index (χ1n) is 6.87. The molecule has 0 saturated heterocycles. The average Bonchev–Trinajstić information content (AvgIpc) is 2.45. The zero-order valence-electron chi connectivity index (χ0n) is 12.5. The second-order valence-corrected chi connectivity index (χ2v) is 5.31. The van der Waals surface area contributed by atoms with Gasteiger partial charge in [0, 0.05) is 12.6 Å². The Hall–Kier alpha value is -2.31. The smallest absolute Gasteiger partial charge is 0.196 e. The fraction of sp³-hybridized carbons (Fsp3) is 0.333. The molecule has 0 amide bonds. The third-order valence-electron chi connectivity index (χ3n) is 2.83. The summed E-state index contributed by atoms with van der Waals surface area (Å²) in [5.74, 6) is -2.27. The van der Waals surface area contributed by atoms with Crippen molar-refractivity contribution >= 4 is 17.3 Å². The van der Waals surface area contributed by atoms with Crippen molar-refractivity contribution in [2.75, 3.05) is 17.2 Å².